The smallest absolute Gasteiger partial charge is 0.408 e. The Morgan fingerprint density at radius 2 is 1.59 bits per heavy atom. The number of rotatable bonds is 6. The van der Waals surface area contributed by atoms with E-state index in [9.17, 15) is 14.4 Å². The van der Waals surface area contributed by atoms with Crippen LogP contribution in [0.25, 0.3) is 11.0 Å². The number of benzene rings is 3. The summed E-state index contributed by atoms with van der Waals surface area (Å²) in [4.78, 5) is 38.5. The van der Waals surface area contributed by atoms with Gasteiger partial charge in [0.15, 0.2) is 6.04 Å². The van der Waals surface area contributed by atoms with Crippen LogP contribution in [0.1, 0.15) is 46.7 Å². The van der Waals surface area contributed by atoms with Crippen LogP contribution >= 0.6 is 0 Å². The summed E-state index contributed by atoms with van der Waals surface area (Å²) in [7, 11) is 0. The van der Waals surface area contributed by atoms with Gasteiger partial charge in [-0.1, -0.05) is 60.7 Å². The van der Waals surface area contributed by atoms with E-state index in [1.165, 1.54) is 0 Å². The van der Waals surface area contributed by atoms with E-state index >= 15 is 0 Å². The summed E-state index contributed by atoms with van der Waals surface area (Å²) >= 11 is 0. The van der Waals surface area contributed by atoms with E-state index in [1.807, 2.05) is 42.5 Å². The Morgan fingerprint density at radius 3 is 2.32 bits per heavy atom. The number of carbonyl (C=O) groups is 2. The fraction of sp³-hybridized carbons (Fsp3) is 0.233. The monoisotopic (exact) mass is 497 g/mol. The molecule has 1 N–H and O–H groups in total. The lowest BCUT2D eigenvalue weighted by molar-refractivity contribution is -0.136. The van der Waals surface area contributed by atoms with Crippen molar-refractivity contribution in [2.75, 3.05) is 0 Å². The topological polar surface area (TPSA) is 94.8 Å². The molecule has 0 spiro atoms. The predicted octanol–water partition coefficient (Wildman–Crippen LogP) is 5.55. The second-order valence-corrected chi connectivity index (χ2v) is 9.09. The van der Waals surface area contributed by atoms with Gasteiger partial charge in [-0.2, -0.15) is 0 Å². The van der Waals surface area contributed by atoms with E-state index in [0.717, 1.165) is 41.3 Å². The van der Waals surface area contributed by atoms with E-state index in [0.29, 0.717) is 23.1 Å². The third kappa shape index (κ3) is 5.26. The van der Waals surface area contributed by atoms with E-state index in [2.05, 4.69) is 5.32 Å². The van der Waals surface area contributed by atoms with Crippen molar-refractivity contribution < 1.29 is 23.5 Å². The number of hydrogen-bond acceptors (Lipinski definition) is 6. The van der Waals surface area contributed by atoms with Gasteiger partial charge in [-0.15, -0.1) is 0 Å². The molecule has 1 unspecified atom stereocenters. The molecule has 1 aromatic heterocycles. The summed E-state index contributed by atoms with van der Waals surface area (Å²) in [6.45, 7) is 1.82. The Labute approximate surface area is 214 Å². The van der Waals surface area contributed by atoms with Crippen LogP contribution in [0.3, 0.4) is 0 Å². The number of carbonyl (C=O) groups excluding carboxylic acids is 2. The SMILES string of the molecule is Cc1c(OC(=O)C(NC(=O)OCc2ccccc2)c2ccccc2)ccc2c3c(c(=O)oc12)CCCC3. The molecule has 0 saturated carbocycles. The molecule has 1 atom stereocenters. The summed E-state index contributed by atoms with van der Waals surface area (Å²) in [5, 5.41) is 3.49. The number of ether oxygens (including phenoxy) is 2. The van der Waals surface area contributed by atoms with Crippen molar-refractivity contribution in [2.45, 2.75) is 45.3 Å². The number of hydrogen-bond donors (Lipinski definition) is 1. The fourth-order valence-electron chi connectivity index (χ4n) is 4.71. The molecule has 0 saturated heterocycles. The number of fused-ring (bicyclic) bond motifs is 3. The third-order valence-corrected chi connectivity index (χ3v) is 6.64. The minimum Gasteiger partial charge on any atom is -0.445 e. The van der Waals surface area contributed by atoms with Gasteiger partial charge in [-0.3, -0.25) is 0 Å². The first-order chi connectivity index (χ1) is 18.0. The molecule has 0 radical (unpaired) electrons. The number of amides is 1. The average Bonchev–Trinajstić information content (AvgIpc) is 2.93. The summed E-state index contributed by atoms with van der Waals surface area (Å²) < 4.78 is 16.7. The van der Waals surface area contributed by atoms with Gasteiger partial charge in [-0.25, -0.2) is 14.4 Å². The second kappa shape index (κ2) is 10.7. The molecule has 37 heavy (non-hydrogen) atoms. The van der Waals surface area contributed by atoms with Gasteiger partial charge in [-0.05, 0) is 61.4 Å². The van der Waals surface area contributed by atoms with E-state index in [4.69, 9.17) is 13.9 Å². The van der Waals surface area contributed by atoms with Crippen molar-refractivity contribution in [1.82, 2.24) is 5.32 Å². The molecular formula is C30H27NO6. The predicted molar refractivity (Wildman–Crippen MR) is 138 cm³/mol. The van der Waals surface area contributed by atoms with Crippen LogP contribution in [0.15, 0.2) is 82.0 Å². The summed E-state index contributed by atoms with van der Waals surface area (Å²) in [5.41, 5.74) is 3.76. The van der Waals surface area contributed by atoms with Crippen molar-refractivity contribution in [3.63, 3.8) is 0 Å². The molecule has 1 aliphatic carbocycles. The lowest BCUT2D eigenvalue weighted by atomic mass is 9.90. The van der Waals surface area contributed by atoms with Crippen LogP contribution in [0.4, 0.5) is 4.79 Å². The molecule has 7 nitrogen and oxygen atoms in total. The fourth-order valence-corrected chi connectivity index (χ4v) is 4.71. The normalized spacial score (nSPS) is 13.4. The van der Waals surface area contributed by atoms with Gasteiger partial charge in [0, 0.05) is 16.5 Å². The van der Waals surface area contributed by atoms with Gasteiger partial charge in [0.05, 0.1) is 0 Å². The van der Waals surface area contributed by atoms with E-state index in [-0.39, 0.29) is 18.0 Å². The van der Waals surface area contributed by atoms with Gasteiger partial charge in [0.25, 0.3) is 0 Å². The van der Waals surface area contributed by atoms with Crippen molar-refractivity contribution >= 4 is 23.0 Å². The molecule has 3 aromatic carbocycles. The van der Waals surface area contributed by atoms with Crippen LogP contribution in [-0.4, -0.2) is 12.1 Å². The van der Waals surface area contributed by atoms with Gasteiger partial charge < -0.3 is 19.2 Å². The number of alkyl carbamates (subject to hydrolysis) is 1. The van der Waals surface area contributed by atoms with Gasteiger partial charge in [0.2, 0.25) is 0 Å². The van der Waals surface area contributed by atoms with Gasteiger partial charge >= 0.3 is 17.7 Å². The Kier molecular flexibility index (Phi) is 7.03. The zero-order chi connectivity index (χ0) is 25.8. The molecular weight excluding hydrogens is 470 g/mol. The zero-order valence-corrected chi connectivity index (χ0v) is 20.5. The van der Waals surface area contributed by atoms with Crippen molar-refractivity contribution in [3.05, 3.63) is 111 Å². The summed E-state index contributed by atoms with van der Waals surface area (Å²) in [6, 6.07) is 20.5. The largest absolute Gasteiger partial charge is 0.445 e. The number of aryl methyl sites for hydroxylation is 2. The van der Waals surface area contributed by atoms with Gasteiger partial charge in [0.1, 0.15) is 17.9 Å². The highest BCUT2D eigenvalue weighted by atomic mass is 16.6. The van der Waals surface area contributed by atoms with Crippen LogP contribution in [0, 0.1) is 6.92 Å². The lowest BCUT2D eigenvalue weighted by Gasteiger charge is -2.20. The highest BCUT2D eigenvalue weighted by Gasteiger charge is 2.27. The molecule has 188 valence electrons. The van der Waals surface area contributed by atoms with Crippen LogP contribution in [0.5, 0.6) is 5.75 Å². The molecule has 1 heterocycles. The Balaban J connectivity index is 1.39. The molecule has 1 aliphatic rings. The lowest BCUT2D eigenvalue weighted by Crippen LogP contribution is -2.36. The van der Waals surface area contributed by atoms with Crippen molar-refractivity contribution in [3.8, 4) is 5.75 Å². The zero-order valence-electron chi connectivity index (χ0n) is 20.5. The molecule has 4 aromatic rings. The molecule has 1 amide bonds. The van der Waals surface area contributed by atoms with Crippen LogP contribution < -0.4 is 15.7 Å². The average molecular weight is 498 g/mol. The highest BCUT2D eigenvalue weighted by Crippen LogP contribution is 2.33. The number of nitrogens with one attached hydrogen (secondary N) is 1. The van der Waals surface area contributed by atoms with E-state index in [1.54, 1.807) is 37.3 Å². The van der Waals surface area contributed by atoms with Crippen LogP contribution in [-0.2, 0) is 29.0 Å². The number of esters is 1. The Morgan fingerprint density at radius 1 is 0.919 bits per heavy atom. The summed E-state index contributed by atoms with van der Waals surface area (Å²) in [6.07, 6.45) is 2.78. The Hall–Kier alpha value is -4.39. The summed E-state index contributed by atoms with van der Waals surface area (Å²) in [5.74, 6) is -0.428. The maximum atomic E-state index is 13.3. The highest BCUT2D eigenvalue weighted by molar-refractivity contribution is 5.89. The first-order valence-electron chi connectivity index (χ1n) is 12.3. The van der Waals surface area contributed by atoms with Crippen LogP contribution in [0.2, 0.25) is 0 Å². The van der Waals surface area contributed by atoms with Crippen molar-refractivity contribution in [2.24, 2.45) is 0 Å². The molecule has 0 bridgehead atoms. The van der Waals surface area contributed by atoms with E-state index < -0.39 is 18.1 Å². The van der Waals surface area contributed by atoms with Crippen molar-refractivity contribution in [1.29, 1.82) is 0 Å². The second-order valence-electron chi connectivity index (χ2n) is 9.09. The molecule has 0 fully saturated rings. The molecule has 7 heteroatoms. The quantitative estimate of drug-likeness (QED) is 0.213. The maximum Gasteiger partial charge on any atom is 0.408 e. The standard InChI is InChI=1S/C30H27NO6/c1-19-25(17-16-23-22-14-8-9-15-24(22)28(32)37-27(19)23)36-29(33)26(21-12-6-3-7-13-21)31-30(34)35-18-20-10-4-2-5-11-20/h2-7,10-13,16-17,26H,8-9,14-15,18H2,1H3,(H,31,34). The molecule has 0 aliphatic heterocycles. The molecule has 5 rings (SSSR count). The first kappa shape index (κ1) is 24.3. The first-order valence-corrected chi connectivity index (χ1v) is 12.3. The minimum atomic E-state index is -1.10. The Bertz CT molecular complexity index is 1490. The third-order valence-electron chi connectivity index (χ3n) is 6.64. The maximum absolute atomic E-state index is 13.3. The minimum absolute atomic E-state index is 0.0658.